The van der Waals surface area contributed by atoms with Crippen LogP contribution in [0.15, 0.2) is 35.5 Å². The number of anilines is 1. The molecule has 2 N–H and O–H groups in total. The molecule has 2 rings (SSSR count). The fraction of sp³-hybridized carbons (Fsp3) is 0.545. The number of benzene rings is 2. The average molecular weight is 373 g/mol. The monoisotopic (exact) mass is 372 g/mol. The van der Waals surface area contributed by atoms with E-state index >= 15 is 0 Å². The number of fused-ring (bicyclic) bond motifs is 1. The fourth-order valence-corrected chi connectivity index (χ4v) is 3.28. The molecule has 0 amide bonds. The first-order valence-electron chi connectivity index (χ1n) is 10.0. The SMILES string of the molecule is CCCCCCC(OCCC(C)C)c1ccc2c(NO)ccc(N=O)c2c1. The summed E-state index contributed by atoms with van der Waals surface area (Å²) in [4.78, 5) is 11.2. The first kappa shape index (κ1) is 21.3. The molecule has 0 aromatic heterocycles. The first-order valence-corrected chi connectivity index (χ1v) is 10.0. The minimum Gasteiger partial charge on any atom is -0.374 e. The molecule has 0 aliphatic heterocycles. The second-order valence-corrected chi connectivity index (χ2v) is 7.53. The van der Waals surface area contributed by atoms with Crippen molar-refractivity contribution in [2.75, 3.05) is 12.1 Å². The molecule has 0 radical (unpaired) electrons. The summed E-state index contributed by atoms with van der Waals surface area (Å²) >= 11 is 0. The Hall–Kier alpha value is -1.98. The van der Waals surface area contributed by atoms with Crippen LogP contribution in [0.3, 0.4) is 0 Å². The predicted molar refractivity (Wildman–Crippen MR) is 112 cm³/mol. The van der Waals surface area contributed by atoms with Crippen LogP contribution in [-0.2, 0) is 4.74 Å². The molecule has 0 heterocycles. The molecule has 5 heteroatoms. The third-order valence-corrected chi connectivity index (χ3v) is 4.94. The smallest absolute Gasteiger partial charge is 0.115 e. The highest BCUT2D eigenvalue weighted by atomic mass is 16.5. The van der Waals surface area contributed by atoms with Crippen LogP contribution in [0.4, 0.5) is 11.4 Å². The highest BCUT2D eigenvalue weighted by Crippen LogP contribution is 2.35. The second-order valence-electron chi connectivity index (χ2n) is 7.53. The molecule has 0 saturated heterocycles. The summed E-state index contributed by atoms with van der Waals surface area (Å²) in [5.41, 5.74) is 4.18. The molecule has 148 valence electrons. The molecular formula is C22H32N2O3. The number of nitrogens with one attached hydrogen (secondary N) is 1. The van der Waals surface area contributed by atoms with E-state index in [4.69, 9.17) is 4.74 Å². The molecule has 0 aliphatic rings. The normalized spacial score (nSPS) is 12.5. The molecule has 0 spiro atoms. The summed E-state index contributed by atoms with van der Waals surface area (Å²) in [6, 6.07) is 9.20. The van der Waals surface area contributed by atoms with E-state index in [9.17, 15) is 10.1 Å². The Morgan fingerprint density at radius 1 is 1.07 bits per heavy atom. The topological polar surface area (TPSA) is 70.9 Å². The molecule has 0 bridgehead atoms. The molecule has 0 aliphatic carbocycles. The Morgan fingerprint density at radius 3 is 2.56 bits per heavy atom. The van der Waals surface area contributed by atoms with Crippen LogP contribution in [0.25, 0.3) is 10.8 Å². The van der Waals surface area contributed by atoms with Crippen LogP contribution in [0.2, 0.25) is 0 Å². The average Bonchev–Trinajstić information content (AvgIpc) is 2.68. The maximum Gasteiger partial charge on any atom is 0.115 e. The van der Waals surface area contributed by atoms with Crippen molar-refractivity contribution in [1.82, 2.24) is 0 Å². The minimum atomic E-state index is 0.00949. The van der Waals surface area contributed by atoms with E-state index in [1.165, 1.54) is 19.3 Å². The van der Waals surface area contributed by atoms with Crippen LogP contribution < -0.4 is 5.48 Å². The van der Waals surface area contributed by atoms with Crippen molar-refractivity contribution < 1.29 is 9.94 Å². The zero-order valence-electron chi connectivity index (χ0n) is 16.7. The van der Waals surface area contributed by atoms with Gasteiger partial charge in [-0.05, 0) is 47.7 Å². The summed E-state index contributed by atoms with van der Waals surface area (Å²) in [7, 11) is 0. The number of ether oxygens (including phenoxy) is 1. The number of nitroso groups, excluding NO2 is 1. The number of nitrogens with zero attached hydrogens (tertiary/aromatic N) is 1. The van der Waals surface area contributed by atoms with Crippen molar-refractivity contribution in [3.63, 3.8) is 0 Å². The van der Waals surface area contributed by atoms with Gasteiger partial charge < -0.3 is 4.74 Å². The van der Waals surface area contributed by atoms with Crippen molar-refractivity contribution in [1.29, 1.82) is 0 Å². The van der Waals surface area contributed by atoms with Crippen LogP contribution in [-0.4, -0.2) is 11.8 Å². The van der Waals surface area contributed by atoms with Gasteiger partial charge in [0.1, 0.15) is 5.69 Å². The third-order valence-electron chi connectivity index (χ3n) is 4.94. The van der Waals surface area contributed by atoms with Gasteiger partial charge in [-0.3, -0.25) is 10.7 Å². The standard InChI is InChI=1S/C22H32N2O3/c1-4-5-6-7-8-22(27-14-13-16(2)3)17-9-10-18-19(15-17)21(24-26)12-11-20(18)23-25/h9-12,15-16,22-23,25H,4-8,13-14H2,1-3H3. The lowest BCUT2D eigenvalue weighted by Gasteiger charge is -2.20. The maximum atomic E-state index is 11.2. The van der Waals surface area contributed by atoms with Crippen molar-refractivity contribution >= 4 is 22.1 Å². The van der Waals surface area contributed by atoms with E-state index in [2.05, 4.69) is 31.4 Å². The molecule has 5 nitrogen and oxygen atoms in total. The molecule has 1 unspecified atom stereocenters. The zero-order chi connectivity index (χ0) is 19.6. The van der Waals surface area contributed by atoms with Gasteiger partial charge in [-0.25, -0.2) is 0 Å². The summed E-state index contributed by atoms with van der Waals surface area (Å²) < 4.78 is 6.22. The van der Waals surface area contributed by atoms with E-state index in [-0.39, 0.29) is 6.10 Å². The quantitative estimate of drug-likeness (QED) is 0.236. The van der Waals surface area contributed by atoms with Crippen molar-refractivity contribution in [2.45, 2.75) is 65.4 Å². The number of unbranched alkanes of at least 4 members (excludes halogenated alkanes) is 3. The van der Waals surface area contributed by atoms with Crippen LogP contribution in [0, 0.1) is 10.8 Å². The van der Waals surface area contributed by atoms with Crippen molar-refractivity contribution in [3.05, 3.63) is 40.8 Å². The lowest BCUT2D eigenvalue weighted by molar-refractivity contribution is 0.0383. The summed E-state index contributed by atoms with van der Waals surface area (Å²) in [6.45, 7) is 7.33. The highest BCUT2D eigenvalue weighted by Gasteiger charge is 2.15. The Morgan fingerprint density at radius 2 is 1.89 bits per heavy atom. The van der Waals surface area contributed by atoms with Gasteiger partial charge >= 0.3 is 0 Å². The molecular weight excluding hydrogens is 340 g/mol. The Bertz CT molecular complexity index is 731. The van der Waals surface area contributed by atoms with Crippen molar-refractivity contribution in [3.8, 4) is 0 Å². The highest BCUT2D eigenvalue weighted by molar-refractivity contribution is 6.01. The predicted octanol–water partition coefficient (Wildman–Crippen LogP) is 7.11. The zero-order valence-corrected chi connectivity index (χ0v) is 16.7. The van der Waals surface area contributed by atoms with E-state index in [1.807, 2.05) is 18.2 Å². The van der Waals surface area contributed by atoms with Crippen molar-refractivity contribution in [2.24, 2.45) is 11.1 Å². The van der Waals surface area contributed by atoms with Gasteiger partial charge in [-0.15, -0.1) is 4.91 Å². The van der Waals surface area contributed by atoms with Gasteiger partial charge in [0, 0.05) is 17.4 Å². The molecule has 2 aromatic rings. The summed E-state index contributed by atoms with van der Waals surface area (Å²) in [6.07, 6.45) is 6.77. The van der Waals surface area contributed by atoms with Gasteiger partial charge in [0.25, 0.3) is 0 Å². The van der Waals surface area contributed by atoms with Gasteiger partial charge in [0.15, 0.2) is 0 Å². The Labute approximate surface area is 162 Å². The van der Waals surface area contributed by atoms with E-state index in [0.717, 1.165) is 42.2 Å². The Kier molecular flexibility index (Phi) is 8.69. The number of hydrogen-bond donors (Lipinski definition) is 2. The number of hydrogen-bond acceptors (Lipinski definition) is 5. The van der Waals surface area contributed by atoms with Crippen LogP contribution >= 0.6 is 0 Å². The van der Waals surface area contributed by atoms with Crippen LogP contribution in [0.1, 0.15) is 71.0 Å². The lowest BCUT2D eigenvalue weighted by atomic mass is 9.97. The second kappa shape index (κ2) is 11.0. The van der Waals surface area contributed by atoms with E-state index in [0.29, 0.717) is 17.3 Å². The molecule has 0 saturated carbocycles. The Balaban J connectivity index is 2.28. The molecule has 27 heavy (non-hydrogen) atoms. The lowest BCUT2D eigenvalue weighted by Crippen LogP contribution is -2.08. The summed E-state index contributed by atoms with van der Waals surface area (Å²) in [5, 5.41) is 14.0. The van der Waals surface area contributed by atoms with E-state index < -0.39 is 0 Å². The molecule has 0 fully saturated rings. The largest absolute Gasteiger partial charge is 0.374 e. The van der Waals surface area contributed by atoms with Crippen LogP contribution in [0.5, 0.6) is 0 Å². The van der Waals surface area contributed by atoms with Gasteiger partial charge in [0.05, 0.1) is 11.8 Å². The fourth-order valence-electron chi connectivity index (χ4n) is 3.28. The minimum absolute atomic E-state index is 0.00949. The molecule has 2 aromatic carbocycles. The van der Waals surface area contributed by atoms with Gasteiger partial charge in [-0.1, -0.05) is 58.6 Å². The number of rotatable bonds is 12. The van der Waals surface area contributed by atoms with Gasteiger partial charge in [0.2, 0.25) is 0 Å². The van der Waals surface area contributed by atoms with Gasteiger partial charge in [-0.2, -0.15) is 0 Å². The maximum absolute atomic E-state index is 11.2. The summed E-state index contributed by atoms with van der Waals surface area (Å²) in [5.74, 6) is 0.603. The molecule has 1 atom stereocenters. The third kappa shape index (κ3) is 6.01. The first-order chi connectivity index (χ1) is 13.1. The van der Waals surface area contributed by atoms with E-state index in [1.54, 1.807) is 12.1 Å².